The summed E-state index contributed by atoms with van der Waals surface area (Å²) in [7, 11) is 0. The molecule has 0 bridgehead atoms. The van der Waals surface area contributed by atoms with E-state index in [0.29, 0.717) is 18.2 Å². The van der Waals surface area contributed by atoms with Gasteiger partial charge in [-0.2, -0.15) is 12.1 Å². The summed E-state index contributed by atoms with van der Waals surface area (Å²) in [6.07, 6.45) is 1.91. The van der Waals surface area contributed by atoms with E-state index in [-0.39, 0.29) is 31.9 Å². The number of fused-ring (bicyclic) bond motifs is 4. The van der Waals surface area contributed by atoms with Gasteiger partial charge in [0.1, 0.15) is 5.82 Å². The number of benzene rings is 5. The summed E-state index contributed by atoms with van der Waals surface area (Å²) in [5.74, 6) is 2.20. The molecule has 2 aromatic heterocycles. The van der Waals surface area contributed by atoms with Crippen molar-refractivity contribution >= 4 is 44.6 Å². The zero-order chi connectivity index (χ0) is 33.9. The van der Waals surface area contributed by atoms with Gasteiger partial charge in [0.15, 0.2) is 0 Å². The summed E-state index contributed by atoms with van der Waals surface area (Å²) in [5, 5.41) is 2.29. The van der Waals surface area contributed by atoms with Crippen LogP contribution in [-0.2, 0) is 31.9 Å². The molecular formula is C44H40N4OPt. The third kappa shape index (κ3) is 5.98. The maximum atomic E-state index is 6.82. The van der Waals surface area contributed by atoms with Crippen molar-refractivity contribution in [2.75, 3.05) is 16.5 Å². The maximum absolute atomic E-state index is 6.82. The van der Waals surface area contributed by atoms with Crippen molar-refractivity contribution in [3.8, 4) is 17.3 Å². The summed E-state index contributed by atoms with van der Waals surface area (Å²) in [6.45, 7) is 14.0. The van der Waals surface area contributed by atoms with Gasteiger partial charge in [0, 0.05) is 28.9 Å². The van der Waals surface area contributed by atoms with Gasteiger partial charge in [0.05, 0.1) is 18.0 Å². The van der Waals surface area contributed by atoms with E-state index in [1.165, 1.54) is 11.3 Å². The molecule has 0 spiro atoms. The van der Waals surface area contributed by atoms with Gasteiger partial charge in [0.2, 0.25) is 0 Å². The molecule has 1 aliphatic rings. The molecule has 50 heavy (non-hydrogen) atoms. The fraction of sp³-hybridized carbons (Fsp3) is 0.205. The third-order valence-corrected chi connectivity index (χ3v) is 9.40. The van der Waals surface area contributed by atoms with Gasteiger partial charge < -0.3 is 19.1 Å². The van der Waals surface area contributed by atoms with Crippen molar-refractivity contribution in [3.63, 3.8) is 0 Å². The Kier molecular flexibility index (Phi) is 8.60. The number of aromatic nitrogens is 2. The summed E-state index contributed by atoms with van der Waals surface area (Å²) in [6, 6.07) is 47.7. The fourth-order valence-electron chi connectivity index (χ4n) is 6.81. The molecule has 7 aromatic rings. The first-order valence-electron chi connectivity index (χ1n) is 16.9. The molecule has 1 aliphatic heterocycles. The van der Waals surface area contributed by atoms with E-state index >= 15 is 0 Å². The Morgan fingerprint density at radius 2 is 1.36 bits per heavy atom. The standard InChI is InChI=1S/C44H40N4O.Pt/c1-43(2,3)30-23-24-45-42(25-30)48-37-20-11-10-19-34(37)35-27-36(44(4,5)6)41(28-40(35)48)49-33-18-14-17-32(26-33)47-29-46(31-15-8-7-9-16-31)38-21-12-13-22-39(38)47;/h7-25,27H,29H2,1-6H3;/q-2;+2. The van der Waals surface area contributed by atoms with Crippen LogP contribution in [0.25, 0.3) is 27.6 Å². The van der Waals surface area contributed by atoms with E-state index in [2.05, 4.69) is 171 Å². The average molecular weight is 836 g/mol. The van der Waals surface area contributed by atoms with Gasteiger partial charge in [-0.1, -0.05) is 107 Å². The van der Waals surface area contributed by atoms with Crippen LogP contribution in [0.15, 0.2) is 121 Å². The van der Waals surface area contributed by atoms with Gasteiger partial charge in [-0.15, -0.1) is 35.2 Å². The van der Waals surface area contributed by atoms with E-state index < -0.39 is 0 Å². The van der Waals surface area contributed by atoms with E-state index in [1.807, 2.05) is 18.3 Å². The Hall–Kier alpha value is -4.86. The molecule has 0 fully saturated rings. The van der Waals surface area contributed by atoms with Crippen molar-refractivity contribution in [1.82, 2.24) is 9.55 Å². The number of ether oxygens (including phenoxy) is 1. The molecule has 3 heterocycles. The molecular weight excluding hydrogens is 796 g/mol. The molecule has 0 unspecified atom stereocenters. The Bertz CT molecular complexity index is 2330. The van der Waals surface area contributed by atoms with E-state index in [4.69, 9.17) is 9.72 Å². The molecule has 0 radical (unpaired) electrons. The van der Waals surface area contributed by atoms with Gasteiger partial charge in [0.25, 0.3) is 0 Å². The van der Waals surface area contributed by atoms with Gasteiger partial charge in [-0.3, -0.25) is 0 Å². The minimum absolute atomic E-state index is 0. The predicted octanol–water partition coefficient (Wildman–Crippen LogP) is 11.4. The molecule has 5 aromatic carbocycles. The minimum Gasteiger partial charge on any atom is -0.509 e. The molecule has 252 valence electrons. The van der Waals surface area contributed by atoms with Crippen LogP contribution < -0.4 is 14.5 Å². The first-order chi connectivity index (χ1) is 23.6. The largest absolute Gasteiger partial charge is 2.00 e. The Morgan fingerprint density at radius 1 is 0.660 bits per heavy atom. The molecule has 8 rings (SSSR count). The number of hydrogen-bond acceptors (Lipinski definition) is 4. The van der Waals surface area contributed by atoms with E-state index in [1.54, 1.807) is 0 Å². The first kappa shape index (κ1) is 33.6. The zero-order valence-electron chi connectivity index (χ0n) is 29.3. The maximum Gasteiger partial charge on any atom is 2.00 e. The average Bonchev–Trinajstić information content (AvgIpc) is 3.64. The van der Waals surface area contributed by atoms with Crippen LogP contribution in [0.4, 0.5) is 22.7 Å². The van der Waals surface area contributed by atoms with Crippen LogP contribution in [-0.4, -0.2) is 16.2 Å². The number of pyridine rings is 1. The molecule has 6 heteroatoms. The third-order valence-electron chi connectivity index (χ3n) is 9.40. The first-order valence-corrected chi connectivity index (χ1v) is 16.9. The monoisotopic (exact) mass is 835 g/mol. The summed E-state index contributed by atoms with van der Waals surface area (Å²) in [5.41, 5.74) is 8.53. The molecule has 5 nitrogen and oxygen atoms in total. The second-order valence-corrected chi connectivity index (χ2v) is 14.9. The number of rotatable bonds is 5. The summed E-state index contributed by atoms with van der Waals surface area (Å²) >= 11 is 0. The topological polar surface area (TPSA) is 33.5 Å². The molecule has 0 saturated carbocycles. The fourth-order valence-corrected chi connectivity index (χ4v) is 6.81. The normalized spacial score (nSPS) is 13.1. The van der Waals surface area contributed by atoms with Crippen molar-refractivity contribution in [1.29, 1.82) is 0 Å². The number of para-hydroxylation sites is 4. The molecule has 0 amide bonds. The molecule has 0 atom stereocenters. The van der Waals surface area contributed by atoms with Crippen molar-refractivity contribution in [2.45, 2.75) is 52.4 Å². The van der Waals surface area contributed by atoms with Crippen LogP contribution >= 0.6 is 0 Å². The van der Waals surface area contributed by atoms with Crippen LogP contribution in [0.3, 0.4) is 0 Å². The minimum atomic E-state index is -0.199. The van der Waals surface area contributed by atoms with Crippen molar-refractivity contribution in [3.05, 3.63) is 145 Å². The number of anilines is 4. The second kappa shape index (κ2) is 12.8. The van der Waals surface area contributed by atoms with Gasteiger partial charge >= 0.3 is 21.1 Å². The van der Waals surface area contributed by atoms with E-state index in [0.717, 1.165) is 50.2 Å². The van der Waals surface area contributed by atoms with Crippen molar-refractivity contribution < 1.29 is 25.8 Å². The molecule has 0 aliphatic carbocycles. The molecule has 0 N–H and O–H groups in total. The summed E-state index contributed by atoms with van der Waals surface area (Å²) in [4.78, 5) is 9.49. The number of hydrogen-bond donors (Lipinski definition) is 0. The SMILES string of the molecule is CC(C)(C)c1ccnc(-n2c3[c-]c(Oc4[c-]c(N5CN(c6ccccc6)c6ccccc65)ccc4)c(C(C)(C)C)cc3c3ccccc32)c1.[Pt+2]. The number of nitrogens with zero attached hydrogens (tertiary/aromatic N) is 4. The Labute approximate surface area is 309 Å². The second-order valence-electron chi connectivity index (χ2n) is 14.9. The smallest absolute Gasteiger partial charge is 0.509 e. The zero-order valence-corrected chi connectivity index (χ0v) is 31.5. The summed E-state index contributed by atoms with van der Waals surface area (Å²) < 4.78 is 9.04. The Morgan fingerprint density at radius 3 is 2.10 bits per heavy atom. The van der Waals surface area contributed by atoms with Gasteiger partial charge in [-0.05, 0) is 58.8 Å². The quantitative estimate of drug-likeness (QED) is 0.162. The van der Waals surface area contributed by atoms with Gasteiger partial charge in [-0.25, -0.2) is 4.98 Å². The van der Waals surface area contributed by atoms with Crippen LogP contribution in [0.2, 0.25) is 0 Å². The van der Waals surface area contributed by atoms with Crippen LogP contribution in [0.5, 0.6) is 11.5 Å². The predicted molar refractivity (Wildman–Crippen MR) is 202 cm³/mol. The molecule has 0 saturated heterocycles. The van der Waals surface area contributed by atoms with Crippen molar-refractivity contribution in [2.24, 2.45) is 0 Å². The van der Waals surface area contributed by atoms with E-state index in [9.17, 15) is 0 Å². The van der Waals surface area contributed by atoms with Crippen LogP contribution in [0.1, 0.15) is 52.7 Å². The Balaban J connectivity index is 0.00000392. The van der Waals surface area contributed by atoms with Crippen LogP contribution in [0, 0.1) is 12.1 Å².